The van der Waals surface area contributed by atoms with Crippen LogP contribution < -0.4 is 14.8 Å². The molecule has 2 rings (SSSR count). The zero-order valence-corrected chi connectivity index (χ0v) is 15.1. The van der Waals surface area contributed by atoms with Crippen molar-refractivity contribution in [2.24, 2.45) is 0 Å². The van der Waals surface area contributed by atoms with Crippen LogP contribution >= 0.6 is 11.6 Å². The lowest BCUT2D eigenvalue weighted by Gasteiger charge is -2.12. The van der Waals surface area contributed by atoms with Crippen molar-refractivity contribution in [2.75, 3.05) is 19.8 Å². The van der Waals surface area contributed by atoms with Crippen LogP contribution in [0.3, 0.4) is 0 Å². The first-order valence-corrected chi connectivity index (χ1v) is 8.35. The number of nitrogens with one attached hydrogen (secondary N) is 1. The van der Waals surface area contributed by atoms with Gasteiger partial charge in [0.05, 0.1) is 23.7 Å². The molecule has 0 fully saturated rings. The largest absolute Gasteiger partial charge is 0.490 e. The second-order valence-electron chi connectivity index (χ2n) is 5.22. The van der Waals surface area contributed by atoms with E-state index in [-0.39, 0.29) is 36.3 Å². The molecule has 0 radical (unpaired) electrons. The molecule has 9 heteroatoms. The maximum atomic E-state index is 12.7. The molecular weight excluding hydrogens is 387 g/mol. The number of rotatable bonds is 7. The maximum absolute atomic E-state index is 12.7. The normalized spacial score (nSPS) is 11.0. The minimum Gasteiger partial charge on any atom is -0.490 e. The lowest BCUT2D eigenvalue weighted by Crippen LogP contribution is -2.28. The zero-order chi connectivity index (χ0) is 19.9. The van der Waals surface area contributed by atoms with Gasteiger partial charge in [-0.05, 0) is 37.3 Å². The number of hydrogen-bond acceptors (Lipinski definition) is 4. The Hall–Kier alpha value is -2.61. The van der Waals surface area contributed by atoms with E-state index in [1.807, 2.05) is 0 Å². The highest BCUT2D eigenvalue weighted by molar-refractivity contribution is 6.32. The molecule has 2 aromatic rings. The number of hydrogen-bond donors (Lipinski definition) is 1. The third kappa shape index (κ3) is 6.56. The predicted octanol–water partition coefficient (Wildman–Crippen LogP) is 5.28. The van der Waals surface area contributed by atoms with Crippen LogP contribution in [0.1, 0.15) is 12.5 Å². The van der Waals surface area contributed by atoms with Crippen molar-refractivity contribution in [1.82, 2.24) is 5.32 Å². The first-order valence-electron chi connectivity index (χ1n) is 7.97. The highest BCUT2D eigenvalue weighted by Gasteiger charge is 2.30. The number of halogens is 4. The molecule has 0 aromatic heterocycles. The van der Waals surface area contributed by atoms with E-state index < -0.39 is 17.8 Å². The Kier molecular flexibility index (Phi) is 7.18. The molecule has 0 spiro atoms. The summed E-state index contributed by atoms with van der Waals surface area (Å²) in [5, 5.41) is 2.71. The van der Waals surface area contributed by atoms with E-state index in [4.69, 9.17) is 25.8 Å². The van der Waals surface area contributed by atoms with Crippen LogP contribution in [0.25, 0.3) is 0 Å². The van der Waals surface area contributed by atoms with E-state index in [1.54, 1.807) is 6.92 Å². The molecular formula is C18H17ClF3NO4. The molecule has 146 valence electrons. The zero-order valence-electron chi connectivity index (χ0n) is 14.3. The summed E-state index contributed by atoms with van der Waals surface area (Å²) in [5.74, 6) is 0.642. The predicted molar refractivity (Wildman–Crippen MR) is 93.5 cm³/mol. The number of amides is 1. The molecule has 0 bridgehead atoms. The van der Waals surface area contributed by atoms with Gasteiger partial charge in [-0.2, -0.15) is 13.2 Å². The Labute approximate surface area is 159 Å². The third-order valence-electron chi connectivity index (χ3n) is 3.20. The fraction of sp³-hybridized carbons (Fsp3) is 0.278. The summed E-state index contributed by atoms with van der Waals surface area (Å²) in [6.45, 7) is 2.34. The van der Waals surface area contributed by atoms with Gasteiger partial charge in [-0.25, -0.2) is 4.79 Å². The van der Waals surface area contributed by atoms with Gasteiger partial charge in [-0.1, -0.05) is 17.7 Å². The van der Waals surface area contributed by atoms with E-state index >= 15 is 0 Å². The Morgan fingerprint density at radius 1 is 1.15 bits per heavy atom. The van der Waals surface area contributed by atoms with Crippen LogP contribution in [0.4, 0.5) is 18.0 Å². The maximum Gasteiger partial charge on any atom is 0.416 e. The fourth-order valence-corrected chi connectivity index (χ4v) is 2.26. The molecule has 1 N–H and O–H groups in total. The molecule has 0 aliphatic heterocycles. The summed E-state index contributed by atoms with van der Waals surface area (Å²) >= 11 is 6.09. The number of ether oxygens (including phenoxy) is 3. The lowest BCUT2D eigenvalue weighted by molar-refractivity contribution is -0.137. The Morgan fingerprint density at radius 3 is 2.56 bits per heavy atom. The quantitative estimate of drug-likeness (QED) is 0.639. The number of carbonyl (C=O) groups excluding carboxylic acids is 1. The van der Waals surface area contributed by atoms with Crippen molar-refractivity contribution in [3.63, 3.8) is 0 Å². The molecule has 1 amide bonds. The molecule has 0 atom stereocenters. The van der Waals surface area contributed by atoms with E-state index in [0.29, 0.717) is 5.75 Å². The van der Waals surface area contributed by atoms with Gasteiger partial charge in [0, 0.05) is 6.07 Å². The Balaban J connectivity index is 1.94. The summed E-state index contributed by atoms with van der Waals surface area (Å²) in [6, 6.07) is 8.99. The lowest BCUT2D eigenvalue weighted by atomic mass is 10.2. The fourth-order valence-electron chi connectivity index (χ4n) is 2.03. The Bertz CT molecular complexity index is 783. The monoisotopic (exact) mass is 403 g/mol. The molecule has 0 aliphatic carbocycles. The van der Waals surface area contributed by atoms with Crippen LogP contribution in [0.2, 0.25) is 5.02 Å². The highest BCUT2D eigenvalue weighted by Crippen LogP contribution is 2.34. The van der Waals surface area contributed by atoms with Crippen molar-refractivity contribution in [3.8, 4) is 17.2 Å². The first kappa shape index (κ1) is 20.7. The molecule has 0 saturated heterocycles. The molecule has 2 aromatic carbocycles. The second kappa shape index (κ2) is 9.36. The minimum atomic E-state index is -4.45. The van der Waals surface area contributed by atoms with Crippen molar-refractivity contribution in [1.29, 1.82) is 0 Å². The van der Waals surface area contributed by atoms with Gasteiger partial charge in [0.15, 0.2) is 0 Å². The third-order valence-corrected chi connectivity index (χ3v) is 3.50. The van der Waals surface area contributed by atoms with Gasteiger partial charge in [0.25, 0.3) is 0 Å². The van der Waals surface area contributed by atoms with Gasteiger partial charge in [0.1, 0.15) is 23.9 Å². The summed E-state index contributed by atoms with van der Waals surface area (Å²) in [4.78, 5) is 11.1. The topological polar surface area (TPSA) is 56.8 Å². The van der Waals surface area contributed by atoms with Crippen molar-refractivity contribution < 1.29 is 32.2 Å². The van der Waals surface area contributed by atoms with Gasteiger partial charge < -0.3 is 19.5 Å². The van der Waals surface area contributed by atoms with Gasteiger partial charge in [-0.15, -0.1) is 0 Å². The molecule has 0 unspecified atom stereocenters. The van der Waals surface area contributed by atoms with E-state index in [1.165, 1.54) is 30.3 Å². The Morgan fingerprint density at radius 2 is 1.89 bits per heavy atom. The number of alkyl halides is 3. The second-order valence-corrected chi connectivity index (χ2v) is 5.62. The minimum absolute atomic E-state index is 0.0354. The smallest absolute Gasteiger partial charge is 0.416 e. The van der Waals surface area contributed by atoms with E-state index in [9.17, 15) is 18.0 Å². The van der Waals surface area contributed by atoms with Gasteiger partial charge >= 0.3 is 12.3 Å². The molecule has 27 heavy (non-hydrogen) atoms. The van der Waals surface area contributed by atoms with Crippen molar-refractivity contribution >= 4 is 17.7 Å². The molecule has 0 heterocycles. The van der Waals surface area contributed by atoms with Crippen LogP contribution in [-0.4, -0.2) is 25.9 Å². The van der Waals surface area contributed by atoms with Crippen LogP contribution in [-0.2, 0) is 10.9 Å². The average Bonchev–Trinajstić information content (AvgIpc) is 2.60. The van der Waals surface area contributed by atoms with Crippen LogP contribution in [0.5, 0.6) is 17.2 Å². The number of alkyl carbamates (subject to hydrolysis) is 1. The number of carbonyl (C=O) groups is 1. The summed E-state index contributed by atoms with van der Waals surface area (Å²) in [7, 11) is 0. The first-order chi connectivity index (χ1) is 12.8. The molecule has 0 aliphatic rings. The van der Waals surface area contributed by atoms with Crippen molar-refractivity contribution in [3.05, 3.63) is 53.1 Å². The highest BCUT2D eigenvalue weighted by atomic mass is 35.5. The molecule has 5 nitrogen and oxygen atoms in total. The summed E-state index contributed by atoms with van der Waals surface area (Å²) < 4.78 is 53.8. The standard InChI is InChI=1S/C18H17ClF3NO4/c1-2-25-17(24)23-8-9-26-16-7-6-14(11-15(16)19)27-13-5-3-4-12(10-13)18(20,21)22/h3-7,10-11H,2,8-9H2,1H3,(H,23,24). The molecule has 0 saturated carbocycles. The van der Waals surface area contributed by atoms with Crippen molar-refractivity contribution in [2.45, 2.75) is 13.1 Å². The van der Waals surface area contributed by atoms with Crippen LogP contribution in [0.15, 0.2) is 42.5 Å². The van der Waals surface area contributed by atoms with Gasteiger partial charge in [0.2, 0.25) is 0 Å². The average molecular weight is 404 g/mol. The SMILES string of the molecule is CCOC(=O)NCCOc1ccc(Oc2cccc(C(F)(F)F)c2)cc1Cl. The van der Waals surface area contributed by atoms with Gasteiger partial charge in [-0.3, -0.25) is 0 Å². The summed E-state index contributed by atoms with van der Waals surface area (Å²) in [6.07, 6.45) is -5.00. The van der Waals surface area contributed by atoms with E-state index in [2.05, 4.69) is 5.32 Å². The number of benzene rings is 2. The summed E-state index contributed by atoms with van der Waals surface area (Å²) in [5.41, 5.74) is -0.805. The van der Waals surface area contributed by atoms with E-state index in [0.717, 1.165) is 12.1 Å². The van der Waals surface area contributed by atoms with Crippen LogP contribution in [0, 0.1) is 0 Å².